The molecule has 1 aromatic carbocycles. The van der Waals surface area contributed by atoms with Crippen molar-refractivity contribution in [1.29, 1.82) is 0 Å². The van der Waals surface area contributed by atoms with E-state index in [4.69, 9.17) is 4.74 Å². The van der Waals surface area contributed by atoms with Crippen molar-refractivity contribution in [3.63, 3.8) is 0 Å². The molecule has 2 heterocycles. The Morgan fingerprint density at radius 3 is 3.00 bits per heavy atom. The van der Waals surface area contributed by atoms with Crippen LogP contribution >= 0.6 is 0 Å². The number of rotatable bonds is 3. The smallest absolute Gasteiger partial charge is 0.361 e. The fourth-order valence-electron chi connectivity index (χ4n) is 2.11. The number of carbonyl (C=O) groups is 1. The van der Waals surface area contributed by atoms with Crippen molar-refractivity contribution >= 4 is 16.9 Å². The fraction of sp³-hybridized carbons (Fsp3) is 0.231. The predicted molar refractivity (Wildman–Crippen MR) is 72.0 cm³/mol. The highest BCUT2D eigenvalue weighted by atomic mass is 19.1. The summed E-state index contributed by atoms with van der Waals surface area (Å²) >= 11 is 0. The standard InChI is InChI=1S/C13H12FN5O2/c1-3-21-13(20)12-11(16-18-17-12)8-5-10-7(4-9(8)14)6-15-19(10)2/h4-6H,3H2,1-2H3,(H,16,17,18). The molecule has 3 aromatic rings. The molecule has 108 valence electrons. The van der Waals surface area contributed by atoms with Crippen molar-refractivity contribution in [2.45, 2.75) is 6.92 Å². The van der Waals surface area contributed by atoms with Gasteiger partial charge >= 0.3 is 5.97 Å². The molecule has 21 heavy (non-hydrogen) atoms. The number of hydrogen-bond acceptors (Lipinski definition) is 5. The lowest BCUT2D eigenvalue weighted by Crippen LogP contribution is -2.07. The number of nitrogens with zero attached hydrogens (tertiary/aromatic N) is 4. The van der Waals surface area contributed by atoms with Gasteiger partial charge in [-0.1, -0.05) is 0 Å². The van der Waals surface area contributed by atoms with Crippen molar-refractivity contribution in [1.82, 2.24) is 25.2 Å². The number of aromatic nitrogens is 5. The molecule has 0 aliphatic carbocycles. The summed E-state index contributed by atoms with van der Waals surface area (Å²) in [7, 11) is 1.75. The summed E-state index contributed by atoms with van der Waals surface area (Å²) in [5.74, 6) is -1.15. The summed E-state index contributed by atoms with van der Waals surface area (Å²) in [5.41, 5.74) is 0.971. The average Bonchev–Trinajstić information content (AvgIpc) is 3.06. The van der Waals surface area contributed by atoms with Crippen LogP contribution in [0.15, 0.2) is 18.3 Å². The van der Waals surface area contributed by atoms with Crippen LogP contribution < -0.4 is 0 Å². The van der Waals surface area contributed by atoms with Gasteiger partial charge in [0.1, 0.15) is 11.5 Å². The van der Waals surface area contributed by atoms with E-state index in [0.29, 0.717) is 5.39 Å². The number of aryl methyl sites for hydroxylation is 1. The third kappa shape index (κ3) is 2.14. The van der Waals surface area contributed by atoms with Crippen molar-refractivity contribution in [2.75, 3.05) is 6.61 Å². The normalized spacial score (nSPS) is 11.0. The molecule has 0 spiro atoms. The molecule has 0 atom stereocenters. The molecule has 0 fully saturated rings. The maximum absolute atomic E-state index is 14.3. The fourth-order valence-corrected chi connectivity index (χ4v) is 2.11. The number of ether oxygens (including phenoxy) is 1. The van der Waals surface area contributed by atoms with Crippen molar-refractivity contribution in [2.24, 2.45) is 7.05 Å². The molecule has 0 unspecified atom stereocenters. The van der Waals surface area contributed by atoms with Gasteiger partial charge in [-0.3, -0.25) is 4.68 Å². The van der Waals surface area contributed by atoms with E-state index in [2.05, 4.69) is 20.5 Å². The number of hydrogen-bond donors (Lipinski definition) is 1. The number of nitrogens with one attached hydrogen (secondary N) is 1. The van der Waals surface area contributed by atoms with E-state index < -0.39 is 11.8 Å². The Balaban J connectivity index is 2.16. The largest absolute Gasteiger partial charge is 0.461 e. The van der Waals surface area contributed by atoms with Crippen LogP contribution in [0.1, 0.15) is 17.4 Å². The number of esters is 1. The zero-order valence-corrected chi connectivity index (χ0v) is 11.4. The minimum Gasteiger partial charge on any atom is -0.461 e. The molecule has 0 radical (unpaired) electrons. The number of fused-ring (bicyclic) bond motifs is 1. The van der Waals surface area contributed by atoms with Crippen LogP contribution in [0.2, 0.25) is 0 Å². The second-order valence-corrected chi connectivity index (χ2v) is 4.40. The van der Waals surface area contributed by atoms with Gasteiger partial charge in [-0.2, -0.15) is 15.4 Å². The van der Waals surface area contributed by atoms with E-state index >= 15 is 0 Å². The van der Waals surface area contributed by atoms with Gasteiger partial charge in [0.2, 0.25) is 0 Å². The monoisotopic (exact) mass is 289 g/mol. The van der Waals surface area contributed by atoms with Crippen LogP contribution in [-0.4, -0.2) is 37.8 Å². The molecular weight excluding hydrogens is 277 g/mol. The molecule has 0 aliphatic rings. The maximum atomic E-state index is 14.3. The van der Waals surface area contributed by atoms with Crippen LogP contribution in [0.3, 0.4) is 0 Å². The van der Waals surface area contributed by atoms with E-state index in [1.807, 2.05) is 0 Å². The lowest BCUT2D eigenvalue weighted by molar-refractivity contribution is 0.0520. The highest BCUT2D eigenvalue weighted by molar-refractivity contribution is 5.95. The first-order valence-electron chi connectivity index (χ1n) is 6.31. The summed E-state index contributed by atoms with van der Waals surface area (Å²) < 4.78 is 20.7. The summed E-state index contributed by atoms with van der Waals surface area (Å²) in [6.07, 6.45) is 1.57. The third-order valence-electron chi connectivity index (χ3n) is 3.11. The molecule has 0 bridgehead atoms. The average molecular weight is 289 g/mol. The Hall–Kier alpha value is -2.77. The van der Waals surface area contributed by atoms with Gasteiger partial charge in [-0.25, -0.2) is 9.18 Å². The van der Waals surface area contributed by atoms with Crippen LogP contribution in [0.4, 0.5) is 4.39 Å². The first-order chi connectivity index (χ1) is 10.1. The zero-order valence-electron chi connectivity index (χ0n) is 11.4. The molecule has 2 aromatic heterocycles. The van der Waals surface area contributed by atoms with Crippen molar-refractivity contribution < 1.29 is 13.9 Å². The van der Waals surface area contributed by atoms with E-state index in [0.717, 1.165) is 5.52 Å². The van der Waals surface area contributed by atoms with Crippen LogP contribution in [0.25, 0.3) is 22.2 Å². The van der Waals surface area contributed by atoms with Crippen molar-refractivity contribution in [3.05, 3.63) is 29.8 Å². The highest BCUT2D eigenvalue weighted by Crippen LogP contribution is 2.28. The number of H-pyrrole nitrogens is 1. The molecule has 0 amide bonds. The molecular formula is C13H12FN5O2. The Kier molecular flexibility index (Phi) is 3.13. The number of halogens is 1. The van der Waals surface area contributed by atoms with Gasteiger partial charge < -0.3 is 4.74 Å². The predicted octanol–water partition coefficient (Wildman–Crippen LogP) is 1.67. The second-order valence-electron chi connectivity index (χ2n) is 4.40. The zero-order chi connectivity index (χ0) is 15.0. The minimum atomic E-state index is -0.647. The molecule has 1 N–H and O–H groups in total. The van der Waals surface area contributed by atoms with E-state index in [-0.39, 0.29) is 23.6 Å². The molecule has 3 rings (SSSR count). The summed E-state index contributed by atoms with van der Waals surface area (Å²) in [4.78, 5) is 11.8. The Labute approximate surface area is 118 Å². The van der Waals surface area contributed by atoms with Crippen LogP contribution in [0.5, 0.6) is 0 Å². The SMILES string of the molecule is CCOC(=O)c1n[nH]nc1-c1cc2c(cnn2C)cc1F. The Bertz CT molecular complexity index is 823. The number of benzene rings is 1. The number of carbonyl (C=O) groups excluding carboxylic acids is 1. The van der Waals surface area contributed by atoms with Gasteiger partial charge in [0.25, 0.3) is 0 Å². The van der Waals surface area contributed by atoms with E-state index in [1.54, 1.807) is 30.9 Å². The third-order valence-corrected chi connectivity index (χ3v) is 3.11. The molecule has 0 saturated carbocycles. The van der Waals surface area contributed by atoms with Crippen molar-refractivity contribution in [3.8, 4) is 11.3 Å². The summed E-state index contributed by atoms with van der Waals surface area (Å²) in [6.45, 7) is 1.88. The lowest BCUT2D eigenvalue weighted by Gasteiger charge is -2.04. The van der Waals surface area contributed by atoms with Crippen LogP contribution in [0, 0.1) is 5.82 Å². The van der Waals surface area contributed by atoms with Crippen LogP contribution in [-0.2, 0) is 11.8 Å². The molecule has 7 nitrogen and oxygen atoms in total. The van der Waals surface area contributed by atoms with E-state index in [1.165, 1.54) is 6.07 Å². The number of aromatic amines is 1. The second kappa shape index (κ2) is 4.97. The minimum absolute atomic E-state index is 0.0442. The van der Waals surface area contributed by atoms with Gasteiger partial charge in [0, 0.05) is 18.0 Å². The Morgan fingerprint density at radius 2 is 2.24 bits per heavy atom. The lowest BCUT2D eigenvalue weighted by atomic mass is 10.1. The highest BCUT2D eigenvalue weighted by Gasteiger charge is 2.22. The topological polar surface area (TPSA) is 85.7 Å². The van der Waals surface area contributed by atoms with Gasteiger partial charge in [-0.05, 0) is 19.1 Å². The summed E-state index contributed by atoms with van der Waals surface area (Å²) in [6, 6.07) is 2.93. The summed E-state index contributed by atoms with van der Waals surface area (Å²) in [5, 5.41) is 14.7. The first kappa shape index (κ1) is 13.2. The van der Waals surface area contributed by atoms with E-state index in [9.17, 15) is 9.18 Å². The molecule has 0 aliphatic heterocycles. The van der Waals surface area contributed by atoms with Gasteiger partial charge in [-0.15, -0.1) is 5.10 Å². The first-order valence-corrected chi connectivity index (χ1v) is 6.31. The van der Waals surface area contributed by atoms with Gasteiger partial charge in [0.15, 0.2) is 5.69 Å². The Morgan fingerprint density at radius 1 is 1.43 bits per heavy atom. The van der Waals surface area contributed by atoms with Gasteiger partial charge in [0.05, 0.1) is 18.3 Å². The molecule has 8 heteroatoms. The quantitative estimate of drug-likeness (QED) is 0.741. The maximum Gasteiger partial charge on any atom is 0.361 e. The molecule has 0 saturated heterocycles.